The van der Waals surface area contributed by atoms with E-state index in [1.807, 2.05) is 23.0 Å². The molecule has 0 spiro atoms. The molecule has 2 aromatic carbocycles. The molecule has 0 saturated heterocycles. The van der Waals surface area contributed by atoms with Crippen molar-refractivity contribution < 1.29 is 23.8 Å². The zero-order valence-electron chi connectivity index (χ0n) is 17.1. The van der Waals surface area contributed by atoms with E-state index in [2.05, 4.69) is 9.73 Å². The number of carbonyl (C=O) groups is 2. The van der Waals surface area contributed by atoms with Gasteiger partial charge in [0, 0.05) is 30.0 Å². The highest BCUT2D eigenvalue weighted by Gasteiger charge is 2.14. The molecule has 30 heavy (non-hydrogen) atoms. The maximum absolute atomic E-state index is 12.8. The standard InChI is InChI=1S/C21H22N2O5S2/c1-26-16-11-15-18(12-17(16)27-2)30-21(23(15)9-10-29-4)22-19(24)13-5-7-14(8-6-13)20(25)28-3/h5-8,11-12H,9-10H2,1-4H3. The predicted octanol–water partition coefficient (Wildman–Crippen LogP) is 3.61. The van der Waals surface area contributed by atoms with Crippen molar-refractivity contribution in [3.05, 3.63) is 52.3 Å². The van der Waals surface area contributed by atoms with E-state index in [1.54, 1.807) is 50.2 Å². The molecule has 7 nitrogen and oxygen atoms in total. The van der Waals surface area contributed by atoms with Crippen LogP contribution >= 0.6 is 23.1 Å². The van der Waals surface area contributed by atoms with Crippen molar-refractivity contribution in [2.24, 2.45) is 4.99 Å². The van der Waals surface area contributed by atoms with Crippen LogP contribution in [0.4, 0.5) is 0 Å². The van der Waals surface area contributed by atoms with Crippen LogP contribution in [0.5, 0.6) is 11.5 Å². The summed E-state index contributed by atoms with van der Waals surface area (Å²) in [6.45, 7) is 0.698. The van der Waals surface area contributed by atoms with Crippen LogP contribution < -0.4 is 14.3 Å². The minimum absolute atomic E-state index is 0.380. The molecule has 0 N–H and O–H groups in total. The Morgan fingerprint density at radius 3 is 2.27 bits per heavy atom. The molecule has 0 saturated carbocycles. The number of fused-ring (bicyclic) bond motifs is 1. The van der Waals surface area contributed by atoms with Crippen molar-refractivity contribution in [1.82, 2.24) is 4.57 Å². The van der Waals surface area contributed by atoms with Crippen LogP contribution in [0.15, 0.2) is 41.4 Å². The maximum atomic E-state index is 12.8. The topological polar surface area (TPSA) is 79.1 Å². The van der Waals surface area contributed by atoms with Gasteiger partial charge in [-0.1, -0.05) is 11.3 Å². The number of thioether (sulfide) groups is 1. The number of carbonyl (C=O) groups excluding carboxylic acids is 2. The summed E-state index contributed by atoms with van der Waals surface area (Å²) in [6.07, 6.45) is 2.03. The van der Waals surface area contributed by atoms with Gasteiger partial charge in [0.2, 0.25) is 0 Å². The zero-order valence-corrected chi connectivity index (χ0v) is 18.8. The Balaban J connectivity index is 2.07. The highest BCUT2D eigenvalue weighted by atomic mass is 32.2. The zero-order chi connectivity index (χ0) is 21.7. The first-order valence-electron chi connectivity index (χ1n) is 9.04. The van der Waals surface area contributed by atoms with Crippen molar-refractivity contribution in [2.45, 2.75) is 6.54 Å². The van der Waals surface area contributed by atoms with Gasteiger partial charge in [-0.15, -0.1) is 0 Å². The van der Waals surface area contributed by atoms with E-state index in [0.29, 0.717) is 34.0 Å². The molecule has 3 aromatic rings. The monoisotopic (exact) mass is 446 g/mol. The number of amides is 1. The smallest absolute Gasteiger partial charge is 0.337 e. The molecule has 0 atom stereocenters. The molecule has 3 rings (SSSR count). The third-order valence-corrected chi connectivity index (χ3v) is 6.09. The number of nitrogens with zero attached hydrogens (tertiary/aromatic N) is 2. The SMILES string of the molecule is COC(=O)c1ccc(C(=O)N=c2sc3cc(OC)c(OC)cc3n2CCSC)cc1. The van der Waals surface area contributed by atoms with E-state index >= 15 is 0 Å². The number of methoxy groups -OCH3 is 3. The van der Waals surface area contributed by atoms with Gasteiger partial charge < -0.3 is 18.8 Å². The molecule has 0 fully saturated rings. The fourth-order valence-electron chi connectivity index (χ4n) is 2.90. The van der Waals surface area contributed by atoms with Gasteiger partial charge in [-0.2, -0.15) is 16.8 Å². The second-order valence-corrected chi connectivity index (χ2v) is 8.18. The van der Waals surface area contributed by atoms with Gasteiger partial charge in [-0.05, 0) is 30.5 Å². The summed E-state index contributed by atoms with van der Waals surface area (Å²) in [5.41, 5.74) is 1.70. The number of thiazole rings is 1. The third-order valence-electron chi connectivity index (χ3n) is 4.46. The molecule has 9 heteroatoms. The molecule has 0 radical (unpaired) electrons. The molecule has 0 bridgehead atoms. The highest BCUT2D eigenvalue weighted by molar-refractivity contribution is 7.98. The van der Waals surface area contributed by atoms with Gasteiger partial charge in [0.15, 0.2) is 16.3 Å². The number of benzene rings is 2. The molecule has 1 amide bonds. The van der Waals surface area contributed by atoms with E-state index in [-0.39, 0.29) is 5.91 Å². The molecule has 1 heterocycles. The summed E-state index contributed by atoms with van der Waals surface area (Å²) in [7, 11) is 4.50. The lowest BCUT2D eigenvalue weighted by Gasteiger charge is -2.09. The number of esters is 1. The van der Waals surface area contributed by atoms with E-state index in [0.717, 1.165) is 16.0 Å². The Morgan fingerprint density at radius 1 is 1.03 bits per heavy atom. The van der Waals surface area contributed by atoms with Crippen LogP contribution in [0.3, 0.4) is 0 Å². The molecule has 158 valence electrons. The highest BCUT2D eigenvalue weighted by Crippen LogP contribution is 2.33. The van der Waals surface area contributed by atoms with Crippen LogP contribution in [-0.2, 0) is 11.3 Å². The first-order valence-corrected chi connectivity index (χ1v) is 11.2. The lowest BCUT2D eigenvalue weighted by molar-refractivity contribution is 0.0600. The fourth-order valence-corrected chi connectivity index (χ4v) is 4.33. The Labute approximate surface area is 182 Å². The van der Waals surface area contributed by atoms with Gasteiger partial charge in [0.05, 0.1) is 37.1 Å². The van der Waals surface area contributed by atoms with Crippen molar-refractivity contribution in [1.29, 1.82) is 0 Å². The number of aryl methyl sites for hydroxylation is 1. The summed E-state index contributed by atoms with van der Waals surface area (Å²) in [4.78, 5) is 29.3. The first kappa shape index (κ1) is 21.9. The van der Waals surface area contributed by atoms with Gasteiger partial charge in [-0.25, -0.2) is 4.79 Å². The molecule has 0 aliphatic rings. The normalized spacial score (nSPS) is 11.5. The summed E-state index contributed by atoms with van der Waals surface area (Å²) in [5.74, 6) is 1.29. The van der Waals surface area contributed by atoms with Crippen molar-refractivity contribution in [2.75, 3.05) is 33.3 Å². The molecule has 0 aliphatic carbocycles. The molecular formula is C21H22N2O5S2. The Kier molecular flexibility index (Phi) is 7.17. The van der Waals surface area contributed by atoms with Crippen LogP contribution in [0.2, 0.25) is 0 Å². The van der Waals surface area contributed by atoms with E-state index in [9.17, 15) is 9.59 Å². The van der Waals surface area contributed by atoms with Crippen LogP contribution in [-0.4, -0.2) is 49.8 Å². The number of hydrogen-bond acceptors (Lipinski definition) is 7. The summed E-state index contributed by atoms with van der Waals surface area (Å²) >= 11 is 3.13. The van der Waals surface area contributed by atoms with Crippen LogP contribution in [0.25, 0.3) is 10.2 Å². The number of ether oxygens (including phenoxy) is 3. The maximum Gasteiger partial charge on any atom is 0.337 e. The number of rotatable bonds is 7. The second kappa shape index (κ2) is 9.82. The Morgan fingerprint density at radius 2 is 1.67 bits per heavy atom. The minimum Gasteiger partial charge on any atom is -0.493 e. The van der Waals surface area contributed by atoms with Crippen LogP contribution in [0.1, 0.15) is 20.7 Å². The van der Waals surface area contributed by atoms with E-state index in [1.165, 1.54) is 18.4 Å². The quantitative estimate of drug-likeness (QED) is 0.516. The molecule has 0 aliphatic heterocycles. The van der Waals surface area contributed by atoms with Gasteiger partial charge in [-0.3, -0.25) is 4.79 Å². The number of aromatic nitrogens is 1. The molecule has 0 unspecified atom stereocenters. The second-order valence-electron chi connectivity index (χ2n) is 6.19. The van der Waals surface area contributed by atoms with Gasteiger partial charge in [0.25, 0.3) is 5.91 Å². The largest absolute Gasteiger partial charge is 0.493 e. The van der Waals surface area contributed by atoms with Gasteiger partial charge in [0.1, 0.15) is 0 Å². The van der Waals surface area contributed by atoms with Crippen molar-refractivity contribution >= 4 is 45.2 Å². The summed E-state index contributed by atoms with van der Waals surface area (Å²) < 4.78 is 18.5. The van der Waals surface area contributed by atoms with E-state index in [4.69, 9.17) is 9.47 Å². The summed E-state index contributed by atoms with van der Waals surface area (Å²) in [6, 6.07) is 10.0. The lowest BCUT2D eigenvalue weighted by atomic mass is 10.1. The van der Waals surface area contributed by atoms with Gasteiger partial charge >= 0.3 is 5.97 Å². The average Bonchev–Trinajstić information content (AvgIpc) is 3.11. The first-order chi connectivity index (χ1) is 14.5. The summed E-state index contributed by atoms with van der Waals surface area (Å²) in [5, 5.41) is 0. The Bertz CT molecular complexity index is 1130. The third kappa shape index (κ3) is 4.52. The molecule has 1 aromatic heterocycles. The Hall–Kier alpha value is -2.78. The average molecular weight is 447 g/mol. The lowest BCUT2D eigenvalue weighted by Crippen LogP contribution is -2.18. The van der Waals surface area contributed by atoms with E-state index < -0.39 is 5.97 Å². The molecular weight excluding hydrogens is 424 g/mol. The van der Waals surface area contributed by atoms with Crippen LogP contribution in [0, 0.1) is 0 Å². The van der Waals surface area contributed by atoms with Crippen molar-refractivity contribution in [3.63, 3.8) is 0 Å². The minimum atomic E-state index is -0.451. The number of hydrogen-bond donors (Lipinski definition) is 0. The predicted molar refractivity (Wildman–Crippen MR) is 119 cm³/mol. The fraction of sp³-hybridized carbons (Fsp3) is 0.286. The van der Waals surface area contributed by atoms with Crippen molar-refractivity contribution in [3.8, 4) is 11.5 Å².